The summed E-state index contributed by atoms with van der Waals surface area (Å²) in [4.78, 5) is 15.9. The Labute approximate surface area is 358 Å². The number of hydrogen-bond donors (Lipinski definition) is 0. The molecule has 0 aliphatic carbocycles. The quantitative estimate of drug-likeness (QED) is 0.162. The zero-order valence-electron chi connectivity index (χ0n) is 33.6. The second-order valence-electron chi connectivity index (χ2n) is 15.7. The van der Waals surface area contributed by atoms with Crippen LogP contribution in [0.3, 0.4) is 0 Å². The standard InChI is InChI=1S/C57H37N5/c1-2-16-38(17-3-1)39-18-12-19-40(34-39)41-20-13-21-42(35-41)43-22-14-23-44(36-43)45-24-15-25-46(37-45)55-58-56(61-51-30-8-4-26-47(51)48-27-5-9-31-52(48)61)60-57(59-55)62-53-32-10-6-28-49(53)50-29-7-11-33-54(50)62/h1-37H. The highest BCUT2D eigenvalue weighted by Crippen LogP contribution is 2.36. The lowest BCUT2D eigenvalue weighted by Gasteiger charge is -2.13. The minimum atomic E-state index is 0.561. The lowest BCUT2D eigenvalue weighted by Crippen LogP contribution is -2.10. The van der Waals surface area contributed by atoms with Gasteiger partial charge in [-0.05, 0) is 93.0 Å². The van der Waals surface area contributed by atoms with Crippen LogP contribution in [0.1, 0.15) is 0 Å². The van der Waals surface area contributed by atoms with Gasteiger partial charge in [-0.15, -0.1) is 0 Å². The van der Waals surface area contributed by atoms with Crippen LogP contribution >= 0.6 is 0 Å². The molecule has 3 heterocycles. The molecule has 0 atom stereocenters. The Morgan fingerprint density at radius 3 is 0.871 bits per heavy atom. The van der Waals surface area contributed by atoms with E-state index in [1.54, 1.807) is 0 Å². The van der Waals surface area contributed by atoms with Crippen LogP contribution in [0.2, 0.25) is 0 Å². The van der Waals surface area contributed by atoms with E-state index in [-0.39, 0.29) is 0 Å². The van der Waals surface area contributed by atoms with Crippen LogP contribution in [-0.4, -0.2) is 24.1 Å². The lowest BCUT2D eigenvalue weighted by atomic mass is 9.94. The molecule has 290 valence electrons. The molecule has 12 aromatic rings. The number of hydrogen-bond acceptors (Lipinski definition) is 3. The van der Waals surface area contributed by atoms with Crippen molar-refractivity contribution in [3.8, 4) is 67.8 Å². The Balaban J connectivity index is 0.988. The van der Waals surface area contributed by atoms with Crippen molar-refractivity contribution in [1.82, 2.24) is 24.1 Å². The topological polar surface area (TPSA) is 48.5 Å². The molecule has 0 N–H and O–H groups in total. The largest absolute Gasteiger partial charge is 0.278 e. The summed E-state index contributed by atoms with van der Waals surface area (Å²) in [5.41, 5.74) is 14.3. The first-order chi connectivity index (χ1) is 30.7. The summed E-state index contributed by atoms with van der Waals surface area (Å²) < 4.78 is 4.35. The van der Waals surface area contributed by atoms with Crippen LogP contribution in [0.4, 0.5) is 0 Å². The number of rotatable bonds is 7. The van der Waals surface area contributed by atoms with E-state index in [1.807, 2.05) is 0 Å². The van der Waals surface area contributed by atoms with Crippen LogP contribution in [0.5, 0.6) is 0 Å². The fourth-order valence-electron chi connectivity index (χ4n) is 9.06. The van der Waals surface area contributed by atoms with Crippen LogP contribution < -0.4 is 0 Å². The van der Waals surface area contributed by atoms with E-state index in [0.717, 1.165) is 71.4 Å². The molecule has 3 aromatic heterocycles. The first-order valence-corrected chi connectivity index (χ1v) is 20.9. The molecule has 0 unspecified atom stereocenters. The second kappa shape index (κ2) is 14.7. The van der Waals surface area contributed by atoms with Gasteiger partial charge in [-0.25, -0.2) is 0 Å². The van der Waals surface area contributed by atoms with Crippen molar-refractivity contribution < 1.29 is 0 Å². The molecule has 0 radical (unpaired) electrons. The Bertz CT molecular complexity index is 3410. The molecule has 0 saturated heterocycles. The molecule has 0 aliphatic heterocycles. The Morgan fingerprint density at radius 2 is 0.500 bits per heavy atom. The third-order valence-corrected chi connectivity index (χ3v) is 12.0. The number of fused-ring (bicyclic) bond motifs is 6. The summed E-state index contributed by atoms with van der Waals surface area (Å²) in [5, 5.41) is 4.60. The fraction of sp³-hybridized carbons (Fsp3) is 0. The maximum atomic E-state index is 5.32. The molecule has 9 aromatic carbocycles. The number of para-hydroxylation sites is 4. The minimum absolute atomic E-state index is 0.561. The van der Waals surface area contributed by atoms with E-state index in [4.69, 9.17) is 15.0 Å². The van der Waals surface area contributed by atoms with Crippen molar-refractivity contribution in [2.45, 2.75) is 0 Å². The molecule has 0 amide bonds. The van der Waals surface area contributed by atoms with E-state index in [9.17, 15) is 0 Å². The molecule has 0 spiro atoms. The summed E-state index contributed by atoms with van der Waals surface area (Å²) in [6.45, 7) is 0. The summed E-state index contributed by atoms with van der Waals surface area (Å²) in [6, 6.07) is 79.4. The molecule has 12 rings (SSSR count). The first-order valence-electron chi connectivity index (χ1n) is 20.9. The van der Waals surface area contributed by atoms with Gasteiger partial charge >= 0.3 is 0 Å². The average Bonchev–Trinajstić information content (AvgIpc) is 3.88. The smallest absolute Gasteiger partial charge is 0.240 e. The predicted molar refractivity (Wildman–Crippen MR) is 256 cm³/mol. The zero-order chi connectivity index (χ0) is 41.0. The third-order valence-electron chi connectivity index (χ3n) is 12.0. The molecular formula is C57H37N5. The summed E-state index contributed by atoms with van der Waals surface area (Å²) >= 11 is 0. The van der Waals surface area contributed by atoms with Crippen LogP contribution in [0.25, 0.3) is 111 Å². The first kappa shape index (κ1) is 35.5. The van der Waals surface area contributed by atoms with E-state index in [0.29, 0.717) is 17.7 Å². The van der Waals surface area contributed by atoms with Gasteiger partial charge in [0.2, 0.25) is 11.9 Å². The number of nitrogens with zero attached hydrogens (tertiary/aromatic N) is 5. The summed E-state index contributed by atoms with van der Waals surface area (Å²) in [6.07, 6.45) is 0. The number of benzene rings is 9. The van der Waals surface area contributed by atoms with Crippen LogP contribution in [-0.2, 0) is 0 Å². The van der Waals surface area contributed by atoms with Gasteiger partial charge in [0, 0.05) is 27.1 Å². The van der Waals surface area contributed by atoms with Gasteiger partial charge in [0.15, 0.2) is 5.82 Å². The van der Waals surface area contributed by atoms with Crippen molar-refractivity contribution in [2.24, 2.45) is 0 Å². The van der Waals surface area contributed by atoms with Crippen molar-refractivity contribution in [2.75, 3.05) is 0 Å². The van der Waals surface area contributed by atoms with Gasteiger partial charge < -0.3 is 0 Å². The van der Waals surface area contributed by atoms with Crippen LogP contribution in [0.15, 0.2) is 224 Å². The van der Waals surface area contributed by atoms with Crippen molar-refractivity contribution >= 4 is 43.6 Å². The molecule has 0 bridgehead atoms. The van der Waals surface area contributed by atoms with E-state index in [2.05, 4.69) is 234 Å². The SMILES string of the molecule is c1ccc(-c2cccc(-c3cccc(-c4cccc(-c5cccc(-c6nc(-n7c8ccccc8c8ccccc87)nc(-n7c8ccccc8c8ccccc87)n6)c5)c4)c3)c2)cc1. The maximum Gasteiger partial charge on any atom is 0.240 e. The molecular weight excluding hydrogens is 755 g/mol. The second-order valence-corrected chi connectivity index (χ2v) is 15.7. The Kier molecular flexibility index (Phi) is 8.42. The monoisotopic (exact) mass is 791 g/mol. The van der Waals surface area contributed by atoms with Crippen molar-refractivity contribution in [3.63, 3.8) is 0 Å². The minimum Gasteiger partial charge on any atom is -0.278 e. The predicted octanol–water partition coefficient (Wildman–Crippen LogP) is 14.4. The molecule has 5 heteroatoms. The fourth-order valence-corrected chi connectivity index (χ4v) is 9.06. The van der Waals surface area contributed by atoms with Gasteiger partial charge in [0.1, 0.15) is 0 Å². The van der Waals surface area contributed by atoms with Gasteiger partial charge in [-0.2, -0.15) is 15.0 Å². The summed E-state index contributed by atoms with van der Waals surface area (Å²) in [5.74, 6) is 1.72. The van der Waals surface area contributed by atoms with E-state index >= 15 is 0 Å². The molecule has 5 nitrogen and oxygen atoms in total. The Hall–Kier alpha value is -8.41. The number of aromatic nitrogens is 5. The highest BCUT2D eigenvalue weighted by molar-refractivity contribution is 6.10. The third kappa shape index (κ3) is 6.06. The van der Waals surface area contributed by atoms with E-state index < -0.39 is 0 Å². The van der Waals surface area contributed by atoms with Crippen LogP contribution in [0, 0.1) is 0 Å². The summed E-state index contributed by atoms with van der Waals surface area (Å²) in [7, 11) is 0. The van der Waals surface area contributed by atoms with E-state index in [1.165, 1.54) is 22.3 Å². The Morgan fingerprint density at radius 1 is 0.226 bits per heavy atom. The maximum absolute atomic E-state index is 5.32. The molecule has 0 fully saturated rings. The zero-order valence-corrected chi connectivity index (χ0v) is 33.6. The van der Waals surface area contributed by atoms with Gasteiger partial charge in [-0.1, -0.05) is 176 Å². The van der Waals surface area contributed by atoms with Gasteiger partial charge in [0.25, 0.3) is 0 Å². The normalized spacial score (nSPS) is 11.5. The van der Waals surface area contributed by atoms with Crippen molar-refractivity contribution in [3.05, 3.63) is 224 Å². The molecule has 0 aliphatic rings. The van der Waals surface area contributed by atoms with Gasteiger partial charge in [-0.3, -0.25) is 9.13 Å². The molecule has 62 heavy (non-hydrogen) atoms. The van der Waals surface area contributed by atoms with Gasteiger partial charge in [0.05, 0.1) is 22.1 Å². The highest BCUT2D eigenvalue weighted by Gasteiger charge is 2.20. The lowest BCUT2D eigenvalue weighted by molar-refractivity contribution is 0.893. The highest BCUT2D eigenvalue weighted by atomic mass is 15.3. The molecule has 0 saturated carbocycles. The average molecular weight is 792 g/mol. The van der Waals surface area contributed by atoms with Crippen molar-refractivity contribution in [1.29, 1.82) is 0 Å².